The summed E-state index contributed by atoms with van der Waals surface area (Å²) in [6.07, 6.45) is 1.30. The van der Waals surface area contributed by atoms with Gasteiger partial charge in [-0.2, -0.15) is 5.26 Å². The van der Waals surface area contributed by atoms with Crippen LogP contribution in [-0.4, -0.2) is 18.8 Å². The molecule has 2 rings (SSSR count). The largest absolute Gasteiger partial charge is 0.380 e. The molecule has 16 heavy (non-hydrogen) atoms. The van der Waals surface area contributed by atoms with Gasteiger partial charge in [0.05, 0.1) is 23.8 Å². The number of rotatable bonds is 2. The molecule has 1 heterocycles. The average Bonchev–Trinajstić information content (AvgIpc) is 2.65. The standard InChI is InChI=1S/C13H16N2O/c1-9-7-12(4-3-11(9)8-14)15-13-5-6-16-10(13)2/h3-4,7,10,13,15H,5-6H2,1-2H3. The number of aryl methyl sites for hydroxylation is 1. The van der Waals surface area contributed by atoms with E-state index in [0.717, 1.165) is 29.8 Å². The first-order valence-corrected chi connectivity index (χ1v) is 5.59. The van der Waals surface area contributed by atoms with Crippen molar-refractivity contribution in [2.75, 3.05) is 11.9 Å². The van der Waals surface area contributed by atoms with Crippen LogP contribution < -0.4 is 5.32 Å². The summed E-state index contributed by atoms with van der Waals surface area (Å²) in [5, 5.41) is 12.3. The van der Waals surface area contributed by atoms with Crippen LogP contribution in [0.5, 0.6) is 0 Å². The molecular weight excluding hydrogens is 200 g/mol. The second-order valence-electron chi connectivity index (χ2n) is 4.26. The van der Waals surface area contributed by atoms with Gasteiger partial charge in [0.25, 0.3) is 0 Å². The topological polar surface area (TPSA) is 45.0 Å². The van der Waals surface area contributed by atoms with Crippen molar-refractivity contribution in [1.29, 1.82) is 5.26 Å². The molecular formula is C13H16N2O. The molecule has 2 unspecified atom stereocenters. The highest BCUT2D eigenvalue weighted by Gasteiger charge is 2.23. The van der Waals surface area contributed by atoms with Crippen molar-refractivity contribution in [2.45, 2.75) is 32.4 Å². The summed E-state index contributed by atoms with van der Waals surface area (Å²) in [4.78, 5) is 0. The van der Waals surface area contributed by atoms with Crippen LogP contribution in [0.25, 0.3) is 0 Å². The molecule has 0 aliphatic carbocycles. The second kappa shape index (κ2) is 4.54. The second-order valence-corrected chi connectivity index (χ2v) is 4.26. The maximum atomic E-state index is 8.85. The predicted octanol–water partition coefficient (Wildman–Crippen LogP) is 2.46. The molecule has 1 aliphatic heterocycles. The first kappa shape index (κ1) is 11.0. The van der Waals surface area contributed by atoms with E-state index in [2.05, 4.69) is 18.3 Å². The van der Waals surface area contributed by atoms with Gasteiger partial charge in [-0.25, -0.2) is 0 Å². The Balaban J connectivity index is 2.11. The van der Waals surface area contributed by atoms with Crippen molar-refractivity contribution in [2.24, 2.45) is 0 Å². The lowest BCUT2D eigenvalue weighted by Gasteiger charge is -2.17. The zero-order valence-corrected chi connectivity index (χ0v) is 9.66. The van der Waals surface area contributed by atoms with Gasteiger partial charge in [-0.05, 0) is 44.0 Å². The summed E-state index contributed by atoms with van der Waals surface area (Å²) in [5.74, 6) is 0. The quantitative estimate of drug-likeness (QED) is 0.826. The van der Waals surface area contributed by atoms with Crippen LogP contribution in [0.2, 0.25) is 0 Å². The Morgan fingerprint density at radius 3 is 2.88 bits per heavy atom. The van der Waals surface area contributed by atoms with Gasteiger partial charge in [0.2, 0.25) is 0 Å². The Morgan fingerprint density at radius 2 is 2.31 bits per heavy atom. The Bertz CT molecular complexity index is 422. The molecule has 0 spiro atoms. The molecule has 3 heteroatoms. The van der Waals surface area contributed by atoms with Crippen LogP contribution in [0.3, 0.4) is 0 Å². The monoisotopic (exact) mass is 216 g/mol. The minimum Gasteiger partial charge on any atom is -0.380 e. The Labute approximate surface area is 96.0 Å². The molecule has 84 valence electrons. The SMILES string of the molecule is Cc1cc(NC2CCOC2C)ccc1C#N. The molecule has 1 saturated heterocycles. The van der Waals surface area contributed by atoms with Crippen LogP contribution in [0.4, 0.5) is 5.69 Å². The van der Waals surface area contributed by atoms with Crippen LogP contribution >= 0.6 is 0 Å². The van der Waals surface area contributed by atoms with E-state index >= 15 is 0 Å². The molecule has 0 radical (unpaired) electrons. The molecule has 2 atom stereocenters. The van der Waals surface area contributed by atoms with Gasteiger partial charge < -0.3 is 10.1 Å². The van der Waals surface area contributed by atoms with Gasteiger partial charge in [-0.1, -0.05) is 0 Å². The van der Waals surface area contributed by atoms with E-state index in [9.17, 15) is 0 Å². The lowest BCUT2D eigenvalue weighted by molar-refractivity contribution is 0.121. The Morgan fingerprint density at radius 1 is 1.50 bits per heavy atom. The highest BCUT2D eigenvalue weighted by atomic mass is 16.5. The highest BCUT2D eigenvalue weighted by Crippen LogP contribution is 2.20. The minimum absolute atomic E-state index is 0.260. The van der Waals surface area contributed by atoms with E-state index in [0.29, 0.717) is 6.04 Å². The van der Waals surface area contributed by atoms with E-state index in [1.165, 1.54) is 0 Å². The van der Waals surface area contributed by atoms with E-state index < -0.39 is 0 Å². The Kier molecular flexibility index (Phi) is 3.12. The van der Waals surface area contributed by atoms with Gasteiger partial charge >= 0.3 is 0 Å². The Hall–Kier alpha value is -1.53. The van der Waals surface area contributed by atoms with Gasteiger partial charge in [0, 0.05) is 12.3 Å². The molecule has 0 saturated carbocycles. The fraction of sp³-hybridized carbons (Fsp3) is 0.462. The number of hydrogen-bond acceptors (Lipinski definition) is 3. The van der Waals surface area contributed by atoms with Crippen LogP contribution in [-0.2, 0) is 4.74 Å². The van der Waals surface area contributed by atoms with Crippen molar-refractivity contribution < 1.29 is 4.74 Å². The predicted molar refractivity (Wildman–Crippen MR) is 63.3 cm³/mol. The van der Waals surface area contributed by atoms with Crippen molar-refractivity contribution in [3.63, 3.8) is 0 Å². The summed E-state index contributed by atoms with van der Waals surface area (Å²) in [5.41, 5.74) is 2.82. The zero-order valence-electron chi connectivity index (χ0n) is 9.66. The van der Waals surface area contributed by atoms with Crippen molar-refractivity contribution >= 4 is 5.69 Å². The van der Waals surface area contributed by atoms with Crippen molar-refractivity contribution in [1.82, 2.24) is 0 Å². The molecule has 1 aromatic carbocycles. The van der Waals surface area contributed by atoms with Gasteiger partial charge in [-0.3, -0.25) is 0 Å². The maximum Gasteiger partial charge on any atom is 0.0994 e. The molecule has 0 bridgehead atoms. The lowest BCUT2D eigenvalue weighted by atomic mass is 10.1. The molecule has 1 N–H and O–H groups in total. The number of nitrogens with one attached hydrogen (secondary N) is 1. The zero-order chi connectivity index (χ0) is 11.5. The first-order valence-electron chi connectivity index (χ1n) is 5.59. The third-order valence-corrected chi connectivity index (χ3v) is 3.08. The van der Waals surface area contributed by atoms with Crippen LogP contribution in [0.1, 0.15) is 24.5 Å². The van der Waals surface area contributed by atoms with Crippen LogP contribution in [0.15, 0.2) is 18.2 Å². The van der Waals surface area contributed by atoms with E-state index in [1.807, 2.05) is 25.1 Å². The van der Waals surface area contributed by atoms with Crippen molar-refractivity contribution in [3.05, 3.63) is 29.3 Å². The first-order chi connectivity index (χ1) is 7.70. The normalized spacial score (nSPS) is 24.1. The number of nitrogens with zero attached hydrogens (tertiary/aromatic N) is 1. The maximum absolute atomic E-state index is 8.85. The summed E-state index contributed by atoms with van der Waals surface area (Å²) in [6.45, 7) is 4.87. The molecule has 1 fully saturated rings. The summed E-state index contributed by atoms with van der Waals surface area (Å²) < 4.78 is 5.50. The van der Waals surface area contributed by atoms with E-state index in [4.69, 9.17) is 10.00 Å². The average molecular weight is 216 g/mol. The number of anilines is 1. The van der Waals surface area contributed by atoms with Gasteiger partial charge in [0.1, 0.15) is 0 Å². The summed E-state index contributed by atoms with van der Waals surface area (Å²) in [7, 11) is 0. The van der Waals surface area contributed by atoms with Crippen molar-refractivity contribution in [3.8, 4) is 6.07 Å². The molecule has 1 aromatic rings. The molecule has 3 nitrogen and oxygen atoms in total. The molecule has 0 aromatic heterocycles. The molecule has 0 amide bonds. The fourth-order valence-corrected chi connectivity index (χ4v) is 2.01. The van der Waals surface area contributed by atoms with Gasteiger partial charge in [0.15, 0.2) is 0 Å². The number of ether oxygens (including phenoxy) is 1. The highest BCUT2D eigenvalue weighted by molar-refractivity contribution is 5.52. The fourth-order valence-electron chi connectivity index (χ4n) is 2.01. The van der Waals surface area contributed by atoms with Crippen LogP contribution in [0, 0.1) is 18.3 Å². The van der Waals surface area contributed by atoms with E-state index in [1.54, 1.807) is 0 Å². The third-order valence-electron chi connectivity index (χ3n) is 3.08. The van der Waals surface area contributed by atoms with Gasteiger partial charge in [-0.15, -0.1) is 0 Å². The smallest absolute Gasteiger partial charge is 0.0994 e. The summed E-state index contributed by atoms with van der Waals surface area (Å²) in [6, 6.07) is 8.39. The summed E-state index contributed by atoms with van der Waals surface area (Å²) >= 11 is 0. The minimum atomic E-state index is 0.260. The lowest BCUT2D eigenvalue weighted by Crippen LogP contribution is -2.26. The van der Waals surface area contributed by atoms with E-state index in [-0.39, 0.29) is 6.10 Å². The number of benzene rings is 1. The number of hydrogen-bond donors (Lipinski definition) is 1. The molecule has 1 aliphatic rings. The number of nitriles is 1. The third kappa shape index (κ3) is 2.17.